The Bertz CT molecular complexity index is 219. The molecule has 0 saturated carbocycles. The third-order valence-electron chi connectivity index (χ3n) is 4.04. The molecule has 2 aliphatic rings. The average molecular weight is 242 g/mol. The standard InChI is InChI=1S/C13H26N2O2/c1-17-10-12(16)9-15-7-3-4-11(8-15)13-5-2-6-14-13/h11-14,16H,2-10H2,1H3. The Hall–Kier alpha value is -0.160. The van der Waals surface area contributed by atoms with Gasteiger partial charge >= 0.3 is 0 Å². The molecule has 3 atom stereocenters. The van der Waals surface area contributed by atoms with E-state index in [0.717, 1.165) is 31.6 Å². The summed E-state index contributed by atoms with van der Waals surface area (Å²) < 4.78 is 4.98. The van der Waals surface area contributed by atoms with E-state index in [4.69, 9.17) is 4.74 Å². The molecule has 2 rings (SSSR count). The summed E-state index contributed by atoms with van der Waals surface area (Å²) in [5.74, 6) is 0.779. The molecule has 17 heavy (non-hydrogen) atoms. The van der Waals surface area contributed by atoms with Crippen molar-refractivity contribution in [3.05, 3.63) is 0 Å². The van der Waals surface area contributed by atoms with Crippen molar-refractivity contribution in [1.29, 1.82) is 0 Å². The van der Waals surface area contributed by atoms with Crippen molar-refractivity contribution in [2.45, 2.75) is 37.8 Å². The first kappa shape index (κ1) is 13.3. The zero-order chi connectivity index (χ0) is 12.1. The van der Waals surface area contributed by atoms with Gasteiger partial charge in [0.1, 0.15) is 0 Å². The number of ether oxygens (including phenoxy) is 1. The SMILES string of the molecule is COCC(O)CN1CCCC(C2CCCN2)C1. The molecule has 0 spiro atoms. The van der Waals surface area contributed by atoms with Gasteiger partial charge in [-0.25, -0.2) is 0 Å². The highest BCUT2D eigenvalue weighted by molar-refractivity contribution is 4.86. The molecule has 3 unspecified atom stereocenters. The molecule has 0 aromatic rings. The van der Waals surface area contributed by atoms with Gasteiger partial charge in [0.2, 0.25) is 0 Å². The number of aliphatic hydroxyl groups is 1. The smallest absolute Gasteiger partial charge is 0.0900 e. The van der Waals surface area contributed by atoms with Crippen LogP contribution in [0.1, 0.15) is 25.7 Å². The first-order valence-corrected chi connectivity index (χ1v) is 6.92. The Labute approximate surface area is 104 Å². The van der Waals surface area contributed by atoms with Crippen LogP contribution in [0.5, 0.6) is 0 Å². The largest absolute Gasteiger partial charge is 0.389 e. The lowest BCUT2D eigenvalue weighted by molar-refractivity contribution is 0.0246. The summed E-state index contributed by atoms with van der Waals surface area (Å²) in [6.45, 7) is 4.66. The van der Waals surface area contributed by atoms with E-state index in [1.807, 2.05) is 0 Å². The lowest BCUT2D eigenvalue weighted by atomic mass is 9.89. The van der Waals surface area contributed by atoms with Gasteiger partial charge in [0.25, 0.3) is 0 Å². The van der Waals surface area contributed by atoms with Crippen LogP contribution in [0.2, 0.25) is 0 Å². The normalized spacial score (nSPS) is 32.8. The minimum absolute atomic E-state index is 0.338. The number of hydrogen-bond acceptors (Lipinski definition) is 4. The number of methoxy groups -OCH3 is 1. The van der Waals surface area contributed by atoms with Crippen LogP contribution in [0.15, 0.2) is 0 Å². The Balaban J connectivity index is 1.75. The van der Waals surface area contributed by atoms with E-state index in [1.165, 1.54) is 32.2 Å². The van der Waals surface area contributed by atoms with E-state index < -0.39 is 0 Å². The van der Waals surface area contributed by atoms with Gasteiger partial charge in [-0.3, -0.25) is 0 Å². The molecule has 0 bridgehead atoms. The van der Waals surface area contributed by atoms with Crippen molar-refractivity contribution in [3.8, 4) is 0 Å². The maximum Gasteiger partial charge on any atom is 0.0900 e. The molecular formula is C13H26N2O2. The molecule has 100 valence electrons. The molecule has 4 heteroatoms. The molecule has 0 aromatic carbocycles. The fourth-order valence-electron chi connectivity index (χ4n) is 3.24. The molecule has 4 nitrogen and oxygen atoms in total. The highest BCUT2D eigenvalue weighted by atomic mass is 16.5. The van der Waals surface area contributed by atoms with Crippen LogP contribution < -0.4 is 5.32 Å². The number of likely N-dealkylation sites (tertiary alicyclic amines) is 1. The zero-order valence-corrected chi connectivity index (χ0v) is 10.9. The lowest BCUT2D eigenvalue weighted by Gasteiger charge is -2.36. The maximum atomic E-state index is 9.77. The number of piperidine rings is 1. The monoisotopic (exact) mass is 242 g/mol. The van der Waals surface area contributed by atoms with Crippen LogP contribution in [0.4, 0.5) is 0 Å². The van der Waals surface area contributed by atoms with Crippen LogP contribution in [0.25, 0.3) is 0 Å². The van der Waals surface area contributed by atoms with Gasteiger partial charge in [0.15, 0.2) is 0 Å². The number of nitrogens with zero attached hydrogens (tertiary/aromatic N) is 1. The van der Waals surface area contributed by atoms with E-state index in [2.05, 4.69) is 10.2 Å². The van der Waals surface area contributed by atoms with Gasteiger partial charge in [-0.2, -0.15) is 0 Å². The molecule has 2 aliphatic heterocycles. The van der Waals surface area contributed by atoms with Crippen molar-refractivity contribution >= 4 is 0 Å². The first-order valence-electron chi connectivity index (χ1n) is 6.92. The number of rotatable bonds is 5. The number of nitrogens with one attached hydrogen (secondary N) is 1. The van der Waals surface area contributed by atoms with Crippen molar-refractivity contribution in [3.63, 3.8) is 0 Å². The Morgan fingerprint density at radius 1 is 1.41 bits per heavy atom. The molecule has 0 amide bonds. The topological polar surface area (TPSA) is 44.7 Å². The highest BCUT2D eigenvalue weighted by Gasteiger charge is 2.29. The summed E-state index contributed by atoms with van der Waals surface area (Å²) in [6, 6.07) is 0.720. The molecule has 2 saturated heterocycles. The van der Waals surface area contributed by atoms with E-state index >= 15 is 0 Å². The van der Waals surface area contributed by atoms with E-state index in [9.17, 15) is 5.11 Å². The van der Waals surface area contributed by atoms with Crippen molar-refractivity contribution < 1.29 is 9.84 Å². The Morgan fingerprint density at radius 3 is 3.00 bits per heavy atom. The number of β-amino-alcohol motifs (C(OH)–C–C–N with tert-alkyl or cyclic N) is 1. The van der Waals surface area contributed by atoms with Gasteiger partial charge in [0, 0.05) is 26.2 Å². The van der Waals surface area contributed by atoms with Crippen LogP contribution in [-0.4, -0.2) is 62.0 Å². The minimum Gasteiger partial charge on any atom is -0.389 e. The summed E-state index contributed by atoms with van der Waals surface area (Å²) >= 11 is 0. The van der Waals surface area contributed by atoms with Gasteiger partial charge < -0.3 is 20.1 Å². The minimum atomic E-state index is -0.338. The Morgan fingerprint density at radius 2 is 2.29 bits per heavy atom. The van der Waals surface area contributed by atoms with Crippen LogP contribution in [-0.2, 0) is 4.74 Å². The fourth-order valence-corrected chi connectivity index (χ4v) is 3.24. The van der Waals surface area contributed by atoms with Gasteiger partial charge in [0.05, 0.1) is 12.7 Å². The molecular weight excluding hydrogens is 216 g/mol. The second-order valence-corrected chi connectivity index (χ2v) is 5.47. The van der Waals surface area contributed by atoms with Crippen molar-refractivity contribution in [1.82, 2.24) is 10.2 Å². The van der Waals surface area contributed by atoms with Crippen molar-refractivity contribution in [2.24, 2.45) is 5.92 Å². The highest BCUT2D eigenvalue weighted by Crippen LogP contribution is 2.24. The zero-order valence-electron chi connectivity index (χ0n) is 10.9. The number of aliphatic hydroxyl groups excluding tert-OH is 1. The summed E-state index contributed by atoms with van der Waals surface area (Å²) in [5, 5.41) is 13.4. The average Bonchev–Trinajstić information content (AvgIpc) is 2.83. The quantitative estimate of drug-likeness (QED) is 0.735. The molecule has 2 heterocycles. The van der Waals surface area contributed by atoms with E-state index in [0.29, 0.717) is 6.61 Å². The first-order chi connectivity index (χ1) is 8.29. The maximum absolute atomic E-state index is 9.77. The van der Waals surface area contributed by atoms with Crippen molar-refractivity contribution in [2.75, 3.05) is 39.9 Å². The van der Waals surface area contributed by atoms with Crippen LogP contribution in [0.3, 0.4) is 0 Å². The van der Waals surface area contributed by atoms with Crippen LogP contribution >= 0.6 is 0 Å². The number of hydrogen-bond donors (Lipinski definition) is 2. The molecule has 2 fully saturated rings. The lowest BCUT2D eigenvalue weighted by Crippen LogP contribution is -2.46. The molecule has 0 aliphatic carbocycles. The van der Waals surface area contributed by atoms with Gasteiger partial charge in [-0.05, 0) is 44.7 Å². The predicted octanol–water partition coefficient (Wildman–Crippen LogP) is 0.458. The van der Waals surface area contributed by atoms with E-state index in [-0.39, 0.29) is 6.10 Å². The predicted molar refractivity (Wildman–Crippen MR) is 68.1 cm³/mol. The summed E-state index contributed by atoms with van der Waals surface area (Å²) in [5.41, 5.74) is 0. The van der Waals surface area contributed by atoms with Crippen LogP contribution in [0, 0.1) is 5.92 Å². The summed E-state index contributed by atoms with van der Waals surface area (Å²) in [7, 11) is 1.64. The summed E-state index contributed by atoms with van der Waals surface area (Å²) in [6.07, 6.45) is 4.93. The Kier molecular flexibility index (Phi) is 5.22. The second kappa shape index (κ2) is 6.69. The van der Waals surface area contributed by atoms with Gasteiger partial charge in [-0.15, -0.1) is 0 Å². The third-order valence-corrected chi connectivity index (χ3v) is 4.04. The molecule has 0 radical (unpaired) electrons. The summed E-state index contributed by atoms with van der Waals surface area (Å²) in [4.78, 5) is 2.40. The molecule has 0 aromatic heterocycles. The second-order valence-electron chi connectivity index (χ2n) is 5.47. The van der Waals surface area contributed by atoms with E-state index in [1.54, 1.807) is 7.11 Å². The third kappa shape index (κ3) is 3.91. The van der Waals surface area contributed by atoms with Gasteiger partial charge in [-0.1, -0.05) is 0 Å². The molecule has 2 N–H and O–H groups in total. The fraction of sp³-hybridized carbons (Fsp3) is 1.00.